The number of ether oxygens (including phenoxy) is 1. The molecule has 0 aliphatic carbocycles. The smallest absolute Gasteiger partial charge is 0.212 e. The number of rotatable bonds is 5. The van der Waals surface area contributed by atoms with Crippen LogP contribution in [0.15, 0.2) is 36.5 Å². The maximum Gasteiger partial charge on any atom is 0.212 e. The number of hydrogen-bond acceptors (Lipinski definition) is 4. The molecular weight excluding hydrogens is 262 g/mol. The number of fused-ring (bicyclic) bond motifs is 1. The first kappa shape index (κ1) is 13.9. The Morgan fingerprint density at radius 2 is 2.00 bits per heavy atom. The first-order valence-electron chi connectivity index (χ1n) is 7.29. The zero-order valence-electron chi connectivity index (χ0n) is 12.6. The predicted molar refractivity (Wildman–Crippen MR) is 84.7 cm³/mol. The van der Waals surface area contributed by atoms with E-state index < -0.39 is 0 Å². The Balaban J connectivity index is 1.55. The molecule has 0 unspecified atom stereocenters. The molecule has 1 N–H and O–H groups in total. The molecule has 2 aromatic rings. The minimum absolute atomic E-state index is 0.654. The lowest BCUT2D eigenvalue weighted by Gasteiger charge is -2.12. The molecule has 4 nitrogen and oxygen atoms in total. The molecule has 110 valence electrons. The van der Waals surface area contributed by atoms with Crippen molar-refractivity contribution >= 4 is 5.69 Å². The quantitative estimate of drug-likeness (QED) is 0.914. The van der Waals surface area contributed by atoms with E-state index in [1.165, 1.54) is 16.8 Å². The fourth-order valence-electron chi connectivity index (χ4n) is 2.72. The minimum Gasteiger partial charge on any atom is -0.481 e. The van der Waals surface area contributed by atoms with Gasteiger partial charge in [-0.25, -0.2) is 4.98 Å². The van der Waals surface area contributed by atoms with Crippen LogP contribution < -0.4 is 15.0 Å². The topological polar surface area (TPSA) is 37.4 Å². The van der Waals surface area contributed by atoms with Crippen molar-refractivity contribution in [2.24, 2.45) is 0 Å². The summed E-state index contributed by atoms with van der Waals surface area (Å²) in [6.07, 6.45) is 3.01. The van der Waals surface area contributed by atoms with Gasteiger partial charge in [0.2, 0.25) is 5.88 Å². The van der Waals surface area contributed by atoms with Crippen molar-refractivity contribution in [3.05, 3.63) is 53.2 Å². The van der Waals surface area contributed by atoms with E-state index >= 15 is 0 Å². The van der Waals surface area contributed by atoms with Gasteiger partial charge >= 0.3 is 0 Å². The van der Waals surface area contributed by atoms with Crippen molar-refractivity contribution in [2.45, 2.75) is 19.5 Å². The molecule has 2 heterocycles. The summed E-state index contributed by atoms with van der Waals surface area (Å²) in [4.78, 5) is 6.53. The van der Waals surface area contributed by atoms with Crippen LogP contribution in [0.4, 0.5) is 5.69 Å². The highest BCUT2D eigenvalue weighted by Crippen LogP contribution is 2.27. The molecule has 0 amide bonds. The summed E-state index contributed by atoms with van der Waals surface area (Å²) in [5, 5.41) is 3.46. The van der Waals surface area contributed by atoms with Crippen molar-refractivity contribution in [2.75, 3.05) is 25.6 Å². The molecule has 0 saturated carbocycles. The second kappa shape index (κ2) is 6.14. The van der Waals surface area contributed by atoms with Gasteiger partial charge < -0.3 is 15.0 Å². The van der Waals surface area contributed by atoms with Crippen molar-refractivity contribution in [1.82, 2.24) is 10.3 Å². The summed E-state index contributed by atoms with van der Waals surface area (Å²) in [6, 6.07) is 10.7. The minimum atomic E-state index is 0.654. The molecule has 0 bridgehead atoms. The van der Waals surface area contributed by atoms with Crippen molar-refractivity contribution in [1.29, 1.82) is 0 Å². The number of pyridine rings is 1. The first-order valence-corrected chi connectivity index (χ1v) is 7.29. The summed E-state index contributed by atoms with van der Waals surface area (Å²) >= 11 is 0. The molecule has 1 aliphatic rings. The average Bonchev–Trinajstić information content (AvgIpc) is 2.89. The van der Waals surface area contributed by atoms with Gasteiger partial charge in [0.25, 0.3) is 0 Å². The van der Waals surface area contributed by atoms with Gasteiger partial charge in [-0.1, -0.05) is 18.2 Å². The first-order chi connectivity index (χ1) is 10.3. The summed E-state index contributed by atoms with van der Waals surface area (Å²) in [6.45, 7) is 2.82. The van der Waals surface area contributed by atoms with E-state index in [-0.39, 0.29) is 0 Å². The van der Waals surface area contributed by atoms with Gasteiger partial charge in [0.1, 0.15) is 0 Å². The third-order valence-corrected chi connectivity index (χ3v) is 3.94. The maximum atomic E-state index is 5.06. The Labute approximate surface area is 125 Å². The van der Waals surface area contributed by atoms with Gasteiger partial charge in [0, 0.05) is 44.6 Å². The van der Waals surface area contributed by atoms with Gasteiger partial charge in [-0.15, -0.1) is 0 Å². The number of benzene rings is 1. The number of likely N-dealkylation sites (N-methyl/N-ethyl adjacent to an activating group) is 1. The lowest BCUT2D eigenvalue weighted by Crippen LogP contribution is -2.13. The third kappa shape index (κ3) is 3.16. The largest absolute Gasteiger partial charge is 0.481 e. The monoisotopic (exact) mass is 283 g/mol. The van der Waals surface area contributed by atoms with Crippen molar-refractivity contribution in [3.63, 3.8) is 0 Å². The zero-order valence-corrected chi connectivity index (χ0v) is 12.6. The van der Waals surface area contributed by atoms with Crippen LogP contribution >= 0.6 is 0 Å². The Hall–Kier alpha value is -2.07. The Morgan fingerprint density at radius 1 is 1.19 bits per heavy atom. The van der Waals surface area contributed by atoms with Gasteiger partial charge in [-0.05, 0) is 29.2 Å². The van der Waals surface area contributed by atoms with E-state index in [4.69, 9.17) is 4.74 Å². The molecular formula is C17H21N3O. The molecule has 0 fully saturated rings. The molecule has 3 rings (SSSR count). The lowest BCUT2D eigenvalue weighted by atomic mass is 10.1. The second-order valence-electron chi connectivity index (χ2n) is 5.45. The Bertz CT molecular complexity index is 610. The van der Waals surface area contributed by atoms with E-state index in [1.807, 2.05) is 18.3 Å². The highest BCUT2D eigenvalue weighted by atomic mass is 16.5. The predicted octanol–water partition coefficient (Wildman–Crippen LogP) is 2.37. The number of hydrogen-bond donors (Lipinski definition) is 1. The van der Waals surface area contributed by atoms with Crippen LogP contribution in [0.1, 0.15) is 16.7 Å². The Morgan fingerprint density at radius 3 is 2.76 bits per heavy atom. The lowest BCUT2D eigenvalue weighted by molar-refractivity contribution is 0.397. The number of nitrogens with zero attached hydrogens (tertiary/aromatic N) is 2. The number of nitrogens with one attached hydrogen (secondary N) is 1. The van der Waals surface area contributed by atoms with Crippen LogP contribution in [-0.4, -0.2) is 25.7 Å². The standard InChI is InChI=1S/C17H21N3O/c1-20-8-7-15-9-13(3-5-16(15)20)10-18-11-14-4-6-17(21-2)19-12-14/h3-6,9,12,18H,7-8,10-11H2,1-2H3. The van der Waals surface area contributed by atoms with Crippen LogP contribution in [0.3, 0.4) is 0 Å². The van der Waals surface area contributed by atoms with E-state index in [1.54, 1.807) is 7.11 Å². The molecule has 0 saturated heterocycles. The molecule has 0 spiro atoms. The van der Waals surface area contributed by atoms with Crippen LogP contribution in [0.2, 0.25) is 0 Å². The van der Waals surface area contributed by atoms with Gasteiger partial charge in [-0.2, -0.15) is 0 Å². The zero-order chi connectivity index (χ0) is 14.7. The van der Waals surface area contributed by atoms with Crippen LogP contribution in [0, 0.1) is 0 Å². The summed E-state index contributed by atoms with van der Waals surface area (Å²) < 4.78 is 5.06. The number of anilines is 1. The summed E-state index contributed by atoms with van der Waals surface area (Å²) in [5.74, 6) is 0.654. The van der Waals surface area contributed by atoms with Crippen molar-refractivity contribution < 1.29 is 4.74 Å². The summed E-state index contributed by atoms with van der Waals surface area (Å²) in [7, 11) is 3.78. The van der Waals surface area contributed by atoms with E-state index in [0.717, 1.165) is 31.6 Å². The molecule has 1 aromatic carbocycles. The third-order valence-electron chi connectivity index (χ3n) is 3.94. The van der Waals surface area contributed by atoms with Crippen molar-refractivity contribution in [3.8, 4) is 5.88 Å². The van der Waals surface area contributed by atoms with Crippen LogP contribution in [-0.2, 0) is 19.5 Å². The summed E-state index contributed by atoms with van der Waals surface area (Å²) in [5.41, 5.74) is 5.34. The average molecular weight is 283 g/mol. The SMILES string of the molecule is COc1ccc(CNCc2ccc3c(c2)CCN3C)cn1. The maximum absolute atomic E-state index is 5.06. The van der Waals surface area contributed by atoms with Crippen LogP contribution in [0.25, 0.3) is 0 Å². The highest BCUT2D eigenvalue weighted by Gasteiger charge is 2.15. The second-order valence-corrected chi connectivity index (χ2v) is 5.45. The van der Waals surface area contributed by atoms with E-state index in [2.05, 4.69) is 40.4 Å². The fourth-order valence-corrected chi connectivity index (χ4v) is 2.72. The molecule has 0 atom stereocenters. The molecule has 1 aromatic heterocycles. The molecule has 0 radical (unpaired) electrons. The van der Waals surface area contributed by atoms with E-state index in [0.29, 0.717) is 5.88 Å². The highest BCUT2D eigenvalue weighted by molar-refractivity contribution is 5.58. The molecule has 1 aliphatic heterocycles. The Kier molecular flexibility index (Phi) is 4.06. The fraction of sp³-hybridized carbons (Fsp3) is 0.353. The number of methoxy groups -OCH3 is 1. The normalized spacial score (nSPS) is 13.3. The number of aromatic nitrogens is 1. The molecule has 4 heteroatoms. The van der Waals surface area contributed by atoms with Crippen LogP contribution in [0.5, 0.6) is 5.88 Å². The van der Waals surface area contributed by atoms with Gasteiger partial charge in [0.15, 0.2) is 0 Å². The van der Waals surface area contributed by atoms with Gasteiger partial charge in [0.05, 0.1) is 7.11 Å². The van der Waals surface area contributed by atoms with E-state index in [9.17, 15) is 0 Å². The van der Waals surface area contributed by atoms with Gasteiger partial charge in [-0.3, -0.25) is 0 Å². The molecule has 21 heavy (non-hydrogen) atoms.